The van der Waals surface area contributed by atoms with Crippen LogP contribution < -0.4 is 10.4 Å². The first-order chi connectivity index (χ1) is 17.2. The summed E-state index contributed by atoms with van der Waals surface area (Å²) in [5, 5.41) is 27.6. The molecule has 0 saturated carbocycles. The summed E-state index contributed by atoms with van der Waals surface area (Å²) < 4.78 is 0. The van der Waals surface area contributed by atoms with Gasteiger partial charge >= 0.3 is 0 Å². The lowest BCUT2D eigenvalue weighted by Crippen LogP contribution is -2.35. The Hall–Kier alpha value is -4.56. The van der Waals surface area contributed by atoms with Crippen molar-refractivity contribution in [3.8, 4) is 11.5 Å². The van der Waals surface area contributed by atoms with E-state index in [-0.39, 0.29) is 11.5 Å². The van der Waals surface area contributed by atoms with Gasteiger partial charge in [-0.05, 0) is 84.6 Å². The molecular formula is C33H22O2. The highest BCUT2D eigenvalue weighted by Crippen LogP contribution is 2.48. The van der Waals surface area contributed by atoms with Crippen molar-refractivity contribution in [2.45, 2.75) is 5.41 Å². The van der Waals surface area contributed by atoms with E-state index in [0.717, 1.165) is 11.1 Å². The summed E-state index contributed by atoms with van der Waals surface area (Å²) in [7, 11) is 0. The van der Waals surface area contributed by atoms with Crippen molar-refractivity contribution in [1.82, 2.24) is 0 Å². The molecule has 166 valence electrons. The Labute approximate surface area is 202 Å². The van der Waals surface area contributed by atoms with E-state index in [4.69, 9.17) is 0 Å². The van der Waals surface area contributed by atoms with Crippen LogP contribution in [0, 0.1) is 0 Å². The minimum atomic E-state index is -0.585. The van der Waals surface area contributed by atoms with Gasteiger partial charge in [0.15, 0.2) is 0 Å². The maximum absolute atomic E-state index is 10.1. The molecule has 5 aromatic rings. The Morgan fingerprint density at radius 3 is 1.66 bits per heavy atom. The number of phenolic OH excluding ortho intramolecular Hbond substituents is 2. The first-order valence-electron chi connectivity index (χ1n) is 11.8. The summed E-state index contributed by atoms with van der Waals surface area (Å²) in [6.45, 7) is 0. The average Bonchev–Trinajstić information content (AvgIpc) is 3.31. The molecule has 7 rings (SSSR count). The molecule has 2 aliphatic carbocycles. The highest BCUT2D eigenvalue weighted by atomic mass is 16.3. The third kappa shape index (κ3) is 2.71. The van der Waals surface area contributed by atoms with Crippen molar-refractivity contribution >= 4 is 33.2 Å². The van der Waals surface area contributed by atoms with Crippen LogP contribution in [-0.2, 0) is 5.41 Å². The number of hydrogen-bond acceptors (Lipinski definition) is 2. The van der Waals surface area contributed by atoms with Crippen molar-refractivity contribution in [1.29, 1.82) is 0 Å². The highest BCUT2D eigenvalue weighted by Gasteiger charge is 2.40. The first kappa shape index (κ1) is 19.9. The quantitative estimate of drug-likeness (QED) is 0.332. The largest absolute Gasteiger partial charge is 0.508 e. The summed E-state index contributed by atoms with van der Waals surface area (Å²) in [5.74, 6) is 0.481. The van der Waals surface area contributed by atoms with Crippen LogP contribution in [0.4, 0.5) is 0 Å². The van der Waals surface area contributed by atoms with Crippen LogP contribution in [0.1, 0.15) is 11.1 Å². The molecule has 0 amide bonds. The smallest absolute Gasteiger partial charge is 0.115 e. The van der Waals surface area contributed by atoms with Crippen molar-refractivity contribution in [2.75, 3.05) is 0 Å². The molecule has 5 aromatic carbocycles. The molecule has 0 spiro atoms. The third-order valence-electron chi connectivity index (χ3n) is 7.47. The van der Waals surface area contributed by atoms with Gasteiger partial charge in [0.1, 0.15) is 11.5 Å². The first-order valence-corrected chi connectivity index (χ1v) is 11.8. The summed E-state index contributed by atoms with van der Waals surface area (Å²) in [6, 6.07) is 32.3. The number of rotatable bonds is 2. The van der Waals surface area contributed by atoms with E-state index in [2.05, 4.69) is 72.8 Å². The van der Waals surface area contributed by atoms with Crippen LogP contribution in [0.3, 0.4) is 0 Å². The fraction of sp³-hybridized carbons (Fsp3) is 0.0303. The molecule has 0 heterocycles. The van der Waals surface area contributed by atoms with Gasteiger partial charge < -0.3 is 10.2 Å². The molecule has 0 bridgehead atoms. The standard InChI is InChI=1S/C33H22O2/c34-24-15-11-22(12-16-24)33(23-13-17-25(35)18-14-23)19-5-6-21-20-30-28-9-2-1-7-26(28)27-8-3-4-10-29(27)31(30)32(21)33/h1-20,34-35H. The van der Waals surface area contributed by atoms with Crippen LogP contribution in [0.25, 0.3) is 33.2 Å². The molecule has 0 aliphatic heterocycles. The Balaban J connectivity index is 1.74. The minimum absolute atomic E-state index is 0.241. The topological polar surface area (TPSA) is 40.5 Å². The van der Waals surface area contributed by atoms with Gasteiger partial charge in [-0.15, -0.1) is 0 Å². The number of hydrogen-bond donors (Lipinski definition) is 2. The molecule has 2 N–H and O–H groups in total. The number of allylic oxidation sites excluding steroid dienone is 4. The van der Waals surface area contributed by atoms with E-state index in [1.165, 1.54) is 43.1 Å². The predicted octanol–water partition coefficient (Wildman–Crippen LogP) is 5.83. The van der Waals surface area contributed by atoms with E-state index in [1.807, 2.05) is 24.3 Å². The maximum Gasteiger partial charge on any atom is 0.115 e. The molecule has 0 atom stereocenters. The lowest BCUT2D eigenvalue weighted by Gasteiger charge is -2.37. The number of aromatic hydroxyl groups is 2. The molecule has 0 radical (unpaired) electrons. The van der Waals surface area contributed by atoms with Crippen molar-refractivity contribution in [3.63, 3.8) is 0 Å². The van der Waals surface area contributed by atoms with Crippen molar-refractivity contribution in [2.24, 2.45) is 0 Å². The van der Waals surface area contributed by atoms with Gasteiger partial charge in [-0.3, -0.25) is 0 Å². The van der Waals surface area contributed by atoms with Gasteiger partial charge in [0.2, 0.25) is 0 Å². The van der Waals surface area contributed by atoms with Gasteiger partial charge in [0.05, 0.1) is 5.41 Å². The molecule has 35 heavy (non-hydrogen) atoms. The molecule has 0 saturated heterocycles. The molecule has 0 unspecified atom stereocenters. The second-order valence-corrected chi connectivity index (χ2v) is 9.28. The Bertz CT molecular complexity index is 1790. The Morgan fingerprint density at radius 2 is 1.06 bits per heavy atom. The van der Waals surface area contributed by atoms with Crippen molar-refractivity contribution in [3.05, 3.63) is 142 Å². The second kappa shape index (κ2) is 7.22. The summed E-state index contributed by atoms with van der Waals surface area (Å²) in [4.78, 5) is 0. The zero-order chi connectivity index (χ0) is 23.6. The summed E-state index contributed by atoms with van der Waals surface area (Å²) in [6.07, 6.45) is 8.89. The van der Waals surface area contributed by atoms with E-state index >= 15 is 0 Å². The molecule has 2 aliphatic rings. The molecular weight excluding hydrogens is 428 g/mol. The lowest BCUT2D eigenvalue weighted by atomic mass is 9.65. The van der Waals surface area contributed by atoms with E-state index in [1.54, 1.807) is 24.3 Å². The fourth-order valence-electron chi connectivity index (χ4n) is 5.99. The second-order valence-electron chi connectivity index (χ2n) is 9.28. The van der Waals surface area contributed by atoms with Gasteiger partial charge in [-0.2, -0.15) is 0 Å². The van der Waals surface area contributed by atoms with Gasteiger partial charge in [-0.25, -0.2) is 0 Å². The van der Waals surface area contributed by atoms with Crippen molar-refractivity contribution < 1.29 is 10.2 Å². The number of fused-ring (bicyclic) bond motifs is 7. The van der Waals surface area contributed by atoms with Crippen LogP contribution in [-0.4, -0.2) is 10.2 Å². The molecule has 2 heteroatoms. The van der Waals surface area contributed by atoms with Crippen LogP contribution in [0.2, 0.25) is 0 Å². The summed E-state index contributed by atoms with van der Waals surface area (Å²) in [5.41, 5.74) is 3.96. The van der Waals surface area contributed by atoms with Crippen LogP contribution in [0.5, 0.6) is 11.5 Å². The van der Waals surface area contributed by atoms with Gasteiger partial charge in [0, 0.05) is 0 Å². The lowest BCUT2D eigenvalue weighted by molar-refractivity contribution is 0.475. The van der Waals surface area contributed by atoms with E-state index < -0.39 is 5.41 Å². The van der Waals surface area contributed by atoms with Crippen LogP contribution >= 0.6 is 0 Å². The van der Waals surface area contributed by atoms with Gasteiger partial charge in [0.25, 0.3) is 0 Å². The minimum Gasteiger partial charge on any atom is -0.508 e. The number of phenols is 2. The average molecular weight is 451 g/mol. The van der Waals surface area contributed by atoms with Gasteiger partial charge in [-0.1, -0.05) is 91.0 Å². The highest BCUT2D eigenvalue weighted by molar-refractivity contribution is 6.12. The van der Waals surface area contributed by atoms with E-state index in [0.29, 0.717) is 0 Å². The Kier molecular flexibility index (Phi) is 4.10. The third-order valence-corrected chi connectivity index (χ3v) is 7.47. The molecule has 0 aromatic heterocycles. The zero-order valence-electron chi connectivity index (χ0n) is 18.9. The predicted molar refractivity (Wildman–Crippen MR) is 143 cm³/mol. The monoisotopic (exact) mass is 450 g/mol. The van der Waals surface area contributed by atoms with Crippen LogP contribution in [0.15, 0.2) is 121 Å². The molecule has 0 fully saturated rings. The Morgan fingerprint density at radius 1 is 0.543 bits per heavy atom. The fourth-order valence-corrected chi connectivity index (χ4v) is 5.99. The van der Waals surface area contributed by atoms with E-state index in [9.17, 15) is 10.2 Å². The zero-order valence-corrected chi connectivity index (χ0v) is 18.9. The number of benzene rings is 5. The maximum atomic E-state index is 10.1. The SMILES string of the molecule is Oc1ccc(C2(c3ccc(O)cc3)C=CC=C3C=c4c(c5ccccc5c5ccccc45)=C32)cc1. The molecule has 2 nitrogen and oxygen atoms in total. The normalized spacial score (nSPS) is 15.5. The summed E-state index contributed by atoms with van der Waals surface area (Å²) >= 11 is 0.